The standard InChI is InChI=1S/C4H5N3O3/c5-7-6-4(8)10-2-3-1-9-3/h3H,1-2H2. The van der Waals surface area contributed by atoms with Crippen LogP contribution >= 0.6 is 0 Å². The van der Waals surface area contributed by atoms with Crippen molar-refractivity contribution in [3.05, 3.63) is 10.4 Å². The van der Waals surface area contributed by atoms with Crippen LogP contribution in [0.2, 0.25) is 0 Å². The normalized spacial score (nSPS) is 21.0. The number of rotatable bonds is 2. The molecule has 1 heterocycles. The minimum Gasteiger partial charge on any atom is -0.458 e. The van der Waals surface area contributed by atoms with Gasteiger partial charge in [-0.3, -0.25) is 0 Å². The second kappa shape index (κ2) is 3.05. The number of carbonyl (C=O) groups is 1. The number of hydrogen-bond donors (Lipinski definition) is 0. The van der Waals surface area contributed by atoms with E-state index in [1.165, 1.54) is 0 Å². The summed E-state index contributed by atoms with van der Waals surface area (Å²) >= 11 is 0. The zero-order valence-electron chi connectivity index (χ0n) is 5.06. The van der Waals surface area contributed by atoms with E-state index in [0.717, 1.165) is 0 Å². The molecule has 0 aromatic heterocycles. The first-order chi connectivity index (χ1) is 4.83. The lowest BCUT2D eigenvalue weighted by atomic mass is 10.5. The average molecular weight is 143 g/mol. The first-order valence-corrected chi connectivity index (χ1v) is 2.66. The zero-order valence-corrected chi connectivity index (χ0v) is 5.06. The highest BCUT2D eigenvalue weighted by molar-refractivity contribution is 5.67. The predicted molar refractivity (Wildman–Crippen MR) is 30.2 cm³/mol. The molecule has 0 aromatic carbocycles. The van der Waals surface area contributed by atoms with Gasteiger partial charge < -0.3 is 9.47 Å². The largest absolute Gasteiger partial charge is 0.458 e. The molecule has 0 aromatic rings. The maximum absolute atomic E-state index is 10.3. The summed E-state index contributed by atoms with van der Waals surface area (Å²) in [4.78, 5) is 12.5. The average Bonchev–Trinajstić information content (AvgIpc) is 2.67. The van der Waals surface area contributed by atoms with Crippen LogP contribution < -0.4 is 0 Å². The highest BCUT2D eigenvalue weighted by Crippen LogP contribution is 2.08. The van der Waals surface area contributed by atoms with Crippen molar-refractivity contribution in [2.45, 2.75) is 6.10 Å². The van der Waals surface area contributed by atoms with E-state index < -0.39 is 6.09 Å². The Morgan fingerprint density at radius 3 is 3.20 bits per heavy atom. The first-order valence-electron chi connectivity index (χ1n) is 2.66. The summed E-state index contributed by atoms with van der Waals surface area (Å²) in [6, 6.07) is 0. The quantitative estimate of drug-likeness (QED) is 0.248. The second-order valence-electron chi connectivity index (χ2n) is 1.72. The molecule has 0 aliphatic carbocycles. The van der Waals surface area contributed by atoms with E-state index in [0.29, 0.717) is 6.61 Å². The van der Waals surface area contributed by atoms with E-state index in [4.69, 9.17) is 10.3 Å². The fourth-order valence-corrected chi connectivity index (χ4v) is 0.394. The van der Waals surface area contributed by atoms with Gasteiger partial charge in [-0.05, 0) is 5.53 Å². The molecule has 0 radical (unpaired) electrons. The van der Waals surface area contributed by atoms with Gasteiger partial charge in [0.25, 0.3) is 0 Å². The van der Waals surface area contributed by atoms with Gasteiger partial charge in [-0.2, -0.15) is 0 Å². The van der Waals surface area contributed by atoms with Gasteiger partial charge in [0, 0.05) is 10.0 Å². The molecule has 10 heavy (non-hydrogen) atoms. The van der Waals surface area contributed by atoms with Crippen LogP contribution in [-0.2, 0) is 9.47 Å². The van der Waals surface area contributed by atoms with Crippen LogP contribution in [0.25, 0.3) is 10.4 Å². The van der Waals surface area contributed by atoms with Gasteiger partial charge in [0.1, 0.15) is 12.7 Å². The Morgan fingerprint density at radius 1 is 2.00 bits per heavy atom. The lowest BCUT2D eigenvalue weighted by Gasteiger charge is -1.93. The van der Waals surface area contributed by atoms with Gasteiger partial charge in [-0.1, -0.05) is 0 Å². The van der Waals surface area contributed by atoms with Crippen molar-refractivity contribution in [1.29, 1.82) is 0 Å². The van der Waals surface area contributed by atoms with Crippen LogP contribution in [0.3, 0.4) is 0 Å². The summed E-state index contributed by atoms with van der Waals surface area (Å²) in [5, 5.41) is 2.69. The van der Waals surface area contributed by atoms with Crippen molar-refractivity contribution >= 4 is 6.09 Å². The molecule has 1 rings (SSSR count). The SMILES string of the molecule is [N-]=[N+]=NC(=O)OCC1CO1. The van der Waals surface area contributed by atoms with Crippen LogP contribution in [-0.4, -0.2) is 25.4 Å². The van der Waals surface area contributed by atoms with E-state index in [1.54, 1.807) is 0 Å². The minimum absolute atomic E-state index is 0.0119. The van der Waals surface area contributed by atoms with E-state index in [1.807, 2.05) is 0 Å². The van der Waals surface area contributed by atoms with Crippen molar-refractivity contribution < 1.29 is 14.3 Å². The topological polar surface area (TPSA) is 87.6 Å². The lowest BCUT2D eigenvalue weighted by molar-refractivity contribution is 0.146. The van der Waals surface area contributed by atoms with Crippen LogP contribution in [0, 0.1) is 0 Å². The second-order valence-corrected chi connectivity index (χ2v) is 1.72. The number of amides is 1. The number of ether oxygens (including phenoxy) is 2. The van der Waals surface area contributed by atoms with Gasteiger partial charge in [-0.25, -0.2) is 4.79 Å². The molecule has 1 atom stereocenters. The van der Waals surface area contributed by atoms with Crippen LogP contribution in [0.1, 0.15) is 0 Å². The summed E-state index contributed by atoms with van der Waals surface area (Å²) in [7, 11) is 0. The molecule has 1 amide bonds. The number of epoxide rings is 1. The highest BCUT2D eigenvalue weighted by atomic mass is 16.6. The van der Waals surface area contributed by atoms with Gasteiger partial charge in [0.15, 0.2) is 0 Å². The Bertz CT molecular complexity index is 182. The fourth-order valence-electron chi connectivity index (χ4n) is 0.394. The van der Waals surface area contributed by atoms with Gasteiger partial charge >= 0.3 is 6.09 Å². The number of hydrogen-bond acceptors (Lipinski definition) is 3. The van der Waals surface area contributed by atoms with Crippen molar-refractivity contribution in [2.75, 3.05) is 13.2 Å². The Morgan fingerprint density at radius 2 is 2.70 bits per heavy atom. The molecule has 1 unspecified atom stereocenters. The molecule has 1 aliphatic rings. The summed E-state index contributed by atoms with van der Waals surface area (Å²) in [5.74, 6) is 0. The number of azide groups is 1. The van der Waals surface area contributed by atoms with Crippen molar-refractivity contribution in [3.8, 4) is 0 Å². The molecule has 6 nitrogen and oxygen atoms in total. The molecule has 0 N–H and O–H groups in total. The third-order valence-electron chi connectivity index (χ3n) is 0.921. The number of carbonyl (C=O) groups excluding carboxylic acids is 1. The molecule has 0 spiro atoms. The van der Waals surface area contributed by atoms with Gasteiger partial charge in [0.2, 0.25) is 0 Å². The third-order valence-corrected chi connectivity index (χ3v) is 0.921. The zero-order chi connectivity index (χ0) is 7.40. The molecular formula is C4H5N3O3. The Hall–Kier alpha value is -1.26. The molecule has 1 fully saturated rings. The Kier molecular flexibility index (Phi) is 2.09. The molecule has 54 valence electrons. The molecular weight excluding hydrogens is 138 g/mol. The molecule has 6 heteroatoms. The van der Waals surface area contributed by atoms with Crippen molar-refractivity contribution in [3.63, 3.8) is 0 Å². The third kappa shape index (κ3) is 2.34. The molecule has 0 bridgehead atoms. The maximum atomic E-state index is 10.3. The summed E-state index contributed by atoms with van der Waals surface area (Å²) in [6.07, 6.45) is -0.893. The van der Waals surface area contributed by atoms with E-state index in [2.05, 4.69) is 14.8 Å². The van der Waals surface area contributed by atoms with Gasteiger partial charge in [-0.15, -0.1) is 0 Å². The fraction of sp³-hybridized carbons (Fsp3) is 0.750. The predicted octanol–water partition coefficient (Wildman–Crippen LogP) is 0.832. The van der Waals surface area contributed by atoms with Crippen molar-refractivity contribution in [1.82, 2.24) is 0 Å². The summed E-state index contributed by atoms with van der Waals surface area (Å²) < 4.78 is 9.15. The summed E-state index contributed by atoms with van der Waals surface area (Å²) in [6.45, 7) is 0.793. The Balaban J connectivity index is 2.10. The van der Waals surface area contributed by atoms with Gasteiger partial charge in [0.05, 0.1) is 6.61 Å². The maximum Gasteiger partial charge on any atom is 0.396 e. The molecule has 1 aliphatic heterocycles. The molecule has 0 saturated carbocycles. The van der Waals surface area contributed by atoms with Crippen LogP contribution in [0.4, 0.5) is 4.79 Å². The minimum atomic E-state index is -0.905. The Labute approximate surface area is 56.4 Å². The smallest absolute Gasteiger partial charge is 0.396 e. The van der Waals surface area contributed by atoms with E-state index >= 15 is 0 Å². The monoisotopic (exact) mass is 143 g/mol. The van der Waals surface area contributed by atoms with Crippen LogP contribution in [0.5, 0.6) is 0 Å². The van der Waals surface area contributed by atoms with Crippen LogP contribution in [0.15, 0.2) is 5.11 Å². The lowest BCUT2D eigenvalue weighted by Crippen LogP contribution is -2.04. The summed E-state index contributed by atoms with van der Waals surface area (Å²) in [5.41, 5.74) is 7.74. The van der Waals surface area contributed by atoms with E-state index in [9.17, 15) is 4.79 Å². The van der Waals surface area contributed by atoms with E-state index in [-0.39, 0.29) is 12.7 Å². The first kappa shape index (κ1) is 6.85. The number of nitrogens with zero attached hydrogens (tertiary/aromatic N) is 3. The van der Waals surface area contributed by atoms with Crippen molar-refractivity contribution in [2.24, 2.45) is 5.11 Å². The molecule has 1 saturated heterocycles. The highest BCUT2D eigenvalue weighted by Gasteiger charge is 2.23.